The Bertz CT molecular complexity index is 464. The number of halogens is 1. The highest BCUT2D eigenvalue weighted by Gasteiger charge is 2.07. The average Bonchev–Trinajstić information content (AvgIpc) is 2.89. The summed E-state index contributed by atoms with van der Waals surface area (Å²) >= 11 is 4.82. The molecule has 0 bridgehead atoms. The summed E-state index contributed by atoms with van der Waals surface area (Å²) in [7, 11) is 0. The predicted octanol–water partition coefficient (Wildman–Crippen LogP) is 3.08. The van der Waals surface area contributed by atoms with Crippen LogP contribution in [0.5, 0.6) is 0 Å². The minimum atomic E-state index is -0.0477. The molecule has 84 valence electrons. The summed E-state index contributed by atoms with van der Waals surface area (Å²) in [6.07, 6.45) is 2.34. The first-order valence-corrected chi connectivity index (χ1v) is 6.47. The lowest BCUT2D eigenvalue weighted by Crippen LogP contribution is -2.25. The minimum Gasteiger partial charge on any atom is -0.469 e. The van der Waals surface area contributed by atoms with Gasteiger partial charge in [-0.2, -0.15) is 0 Å². The van der Waals surface area contributed by atoms with Crippen molar-refractivity contribution in [1.29, 1.82) is 0 Å². The molecule has 2 aromatic rings. The highest BCUT2D eigenvalue weighted by atomic mass is 79.9. The summed E-state index contributed by atoms with van der Waals surface area (Å²) in [4.78, 5) is 11.6. The van der Waals surface area contributed by atoms with Crippen LogP contribution in [-0.4, -0.2) is 12.5 Å². The second kappa shape index (κ2) is 5.32. The van der Waals surface area contributed by atoms with Crippen molar-refractivity contribution in [1.82, 2.24) is 5.32 Å². The molecule has 2 aromatic heterocycles. The van der Waals surface area contributed by atoms with E-state index in [0.29, 0.717) is 18.5 Å². The third kappa shape index (κ3) is 2.96. The lowest BCUT2D eigenvalue weighted by atomic mass is 10.3. The zero-order valence-corrected chi connectivity index (χ0v) is 10.8. The standard InChI is InChI=1S/C11H10BrNO2S/c12-10-6-8(7-16-10)11(14)13-4-3-9-2-1-5-15-9/h1-2,5-7H,3-4H2,(H,13,14). The second-order valence-electron chi connectivity index (χ2n) is 3.22. The largest absolute Gasteiger partial charge is 0.469 e. The van der Waals surface area contributed by atoms with Crippen LogP contribution < -0.4 is 5.32 Å². The monoisotopic (exact) mass is 299 g/mol. The average molecular weight is 300 g/mol. The van der Waals surface area contributed by atoms with Crippen molar-refractivity contribution in [2.45, 2.75) is 6.42 Å². The van der Waals surface area contributed by atoms with Crippen LogP contribution in [0.2, 0.25) is 0 Å². The van der Waals surface area contributed by atoms with Gasteiger partial charge in [0, 0.05) is 18.3 Å². The van der Waals surface area contributed by atoms with Gasteiger partial charge in [-0.25, -0.2) is 0 Å². The number of nitrogens with one attached hydrogen (secondary N) is 1. The second-order valence-corrected chi connectivity index (χ2v) is 5.52. The summed E-state index contributed by atoms with van der Waals surface area (Å²) in [5.41, 5.74) is 0.691. The van der Waals surface area contributed by atoms with E-state index in [9.17, 15) is 4.79 Å². The molecule has 0 aliphatic carbocycles. The fourth-order valence-electron chi connectivity index (χ4n) is 1.29. The van der Waals surface area contributed by atoms with E-state index in [-0.39, 0.29) is 5.91 Å². The molecule has 0 fully saturated rings. The molecule has 0 aliphatic heterocycles. The highest BCUT2D eigenvalue weighted by molar-refractivity contribution is 9.11. The topological polar surface area (TPSA) is 42.2 Å². The zero-order valence-electron chi connectivity index (χ0n) is 8.40. The van der Waals surface area contributed by atoms with Gasteiger partial charge in [0.2, 0.25) is 0 Å². The summed E-state index contributed by atoms with van der Waals surface area (Å²) in [5, 5.41) is 4.66. The number of hydrogen-bond acceptors (Lipinski definition) is 3. The Morgan fingerprint density at radius 3 is 3.06 bits per heavy atom. The molecule has 0 saturated carbocycles. The van der Waals surface area contributed by atoms with Gasteiger partial charge in [0.25, 0.3) is 5.91 Å². The van der Waals surface area contributed by atoms with E-state index in [1.54, 1.807) is 6.26 Å². The SMILES string of the molecule is O=C(NCCc1ccco1)c1csc(Br)c1. The van der Waals surface area contributed by atoms with Gasteiger partial charge < -0.3 is 9.73 Å². The van der Waals surface area contributed by atoms with Crippen LogP contribution >= 0.6 is 27.3 Å². The summed E-state index contributed by atoms with van der Waals surface area (Å²) < 4.78 is 6.13. The number of amides is 1. The maximum atomic E-state index is 11.6. The van der Waals surface area contributed by atoms with E-state index in [4.69, 9.17) is 4.42 Å². The molecule has 0 unspecified atom stereocenters. The summed E-state index contributed by atoms with van der Waals surface area (Å²) in [6.45, 7) is 0.583. The molecule has 0 saturated heterocycles. The Kier molecular flexibility index (Phi) is 3.79. The van der Waals surface area contributed by atoms with Crippen molar-refractivity contribution in [2.75, 3.05) is 6.54 Å². The van der Waals surface area contributed by atoms with Crippen molar-refractivity contribution in [3.8, 4) is 0 Å². The number of rotatable bonds is 4. The lowest BCUT2D eigenvalue weighted by Gasteiger charge is -2.01. The van der Waals surface area contributed by atoms with Gasteiger partial charge in [-0.05, 0) is 34.1 Å². The number of carbonyl (C=O) groups excluding carboxylic acids is 1. The van der Waals surface area contributed by atoms with E-state index >= 15 is 0 Å². The first-order chi connectivity index (χ1) is 7.75. The van der Waals surface area contributed by atoms with Crippen LogP contribution in [0.1, 0.15) is 16.1 Å². The Morgan fingerprint density at radius 2 is 2.44 bits per heavy atom. The molecule has 2 heterocycles. The van der Waals surface area contributed by atoms with Crippen molar-refractivity contribution in [3.63, 3.8) is 0 Å². The quantitative estimate of drug-likeness (QED) is 0.943. The molecule has 1 amide bonds. The first-order valence-electron chi connectivity index (χ1n) is 4.80. The zero-order chi connectivity index (χ0) is 11.4. The van der Waals surface area contributed by atoms with Crippen LogP contribution in [0, 0.1) is 0 Å². The van der Waals surface area contributed by atoms with Crippen molar-refractivity contribution >= 4 is 33.2 Å². The number of thiophene rings is 1. The molecule has 0 aliphatic rings. The molecule has 3 nitrogen and oxygen atoms in total. The van der Waals surface area contributed by atoms with Gasteiger partial charge in [-0.3, -0.25) is 4.79 Å². The van der Waals surface area contributed by atoms with E-state index in [1.807, 2.05) is 23.6 Å². The van der Waals surface area contributed by atoms with Gasteiger partial charge in [-0.1, -0.05) is 0 Å². The van der Waals surface area contributed by atoms with Gasteiger partial charge in [0.05, 0.1) is 15.6 Å². The van der Waals surface area contributed by atoms with E-state index < -0.39 is 0 Å². The maximum Gasteiger partial charge on any atom is 0.252 e. The third-order valence-corrected chi connectivity index (χ3v) is 3.57. The summed E-state index contributed by atoms with van der Waals surface area (Å²) in [5.74, 6) is 0.834. The van der Waals surface area contributed by atoms with Crippen LogP contribution in [-0.2, 0) is 6.42 Å². The molecule has 0 atom stereocenters. The Hall–Kier alpha value is -1.07. The number of furan rings is 1. The molecular formula is C11H10BrNO2S. The summed E-state index contributed by atoms with van der Waals surface area (Å²) in [6, 6.07) is 5.55. The van der Waals surface area contributed by atoms with Crippen LogP contribution in [0.25, 0.3) is 0 Å². The van der Waals surface area contributed by atoms with E-state index in [1.165, 1.54) is 11.3 Å². The molecule has 0 aromatic carbocycles. The highest BCUT2D eigenvalue weighted by Crippen LogP contribution is 2.20. The molecule has 2 rings (SSSR count). The van der Waals surface area contributed by atoms with Crippen LogP contribution in [0.3, 0.4) is 0 Å². The predicted molar refractivity (Wildman–Crippen MR) is 66.8 cm³/mol. The molecule has 5 heteroatoms. The number of hydrogen-bond donors (Lipinski definition) is 1. The van der Waals surface area contributed by atoms with Gasteiger partial charge in [0.15, 0.2) is 0 Å². The lowest BCUT2D eigenvalue weighted by molar-refractivity contribution is 0.0954. The minimum absolute atomic E-state index is 0.0477. The Balaban J connectivity index is 1.80. The van der Waals surface area contributed by atoms with Gasteiger partial charge >= 0.3 is 0 Å². The Labute approximate surface area is 106 Å². The molecule has 16 heavy (non-hydrogen) atoms. The smallest absolute Gasteiger partial charge is 0.252 e. The molecule has 0 spiro atoms. The molecule has 1 N–H and O–H groups in total. The Morgan fingerprint density at radius 1 is 1.56 bits per heavy atom. The van der Waals surface area contributed by atoms with Crippen LogP contribution in [0.15, 0.2) is 38.0 Å². The first kappa shape index (κ1) is 11.4. The van der Waals surface area contributed by atoms with E-state index in [0.717, 1.165) is 9.55 Å². The van der Waals surface area contributed by atoms with Crippen LogP contribution in [0.4, 0.5) is 0 Å². The number of carbonyl (C=O) groups is 1. The fraction of sp³-hybridized carbons (Fsp3) is 0.182. The van der Waals surface area contributed by atoms with Gasteiger partial charge in [-0.15, -0.1) is 11.3 Å². The molecule has 0 radical (unpaired) electrons. The van der Waals surface area contributed by atoms with E-state index in [2.05, 4.69) is 21.2 Å². The maximum absolute atomic E-state index is 11.6. The fourth-order valence-corrected chi connectivity index (χ4v) is 2.42. The van der Waals surface area contributed by atoms with Gasteiger partial charge in [0.1, 0.15) is 5.76 Å². The van der Waals surface area contributed by atoms with Crippen molar-refractivity contribution in [2.24, 2.45) is 0 Å². The van der Waals surface area contributed by atoms with Crippen molar-refractivity contribution in [3.05, 3.63) is 45.0 Å². The normalized spacial score (nSPS) is 10.3. The molecular weight excluding hydrogens is 290 g/mol. The third-order valence-electron chi connectivity index (χ3n) is 2.07. The van der Waals surface area contributed by atoms with Crippen molar-refractivity contribution < 1.29 is 9.21 Å².